The Morgan fingerprint density at radius 2 is 1.95 bits per heavy atom. The van der Waals surface area contributed by atoms with Crippen LogP contribution in [0.4, 0.5) is 5.69 Å². The predicted octanol–water partition coefficient (Wildman–Crippen LogP) is 3.88. The Balaban J connectivity index is 1.90. The Morgan fingerprint density at radius 1 is 1.19 bits per heavy atom. The maximum absolute atomic E-state index is 9.29. The topological polar surface area (TPSA) is 61.6 Å². The molecule has 0 spiro atoms. The number of nitrogens with zero attached hydrogens (tertiary/aromatic N) is 3. The van der Waals surface area contributed by atoms with Crippen molar-refractivity contribution >= 4 is 16.6 Å². The lowest BCUT2D eigenvalue weighted by molar-refractivity contribution is 0.233. The summed E-state index contributed by atoms with van der Waals surface area (Å²) in [6, 6.07) is 9.99. The van der Waals surface area contributed by atoms with Gasteiger partial charge in [0.15, 0.2) is 5.69 Å². The monoisotopic (exact) mass is 280 g/mol. The summed E-state index contributed by atoms with van der Waals surface area (Å²) < 4.78 is 0. The summed E-state index contributed by atoms with van der Waals surface area (Å²) in [7, 11) is 0. The molecule has 0 unspecified atom stereocenters. The molecule has 1 aromatic carbocycles. The smallest absolute Gasteiger partial charge is 0.186 e. The number of hydrogen-bond acceptors (Lipinski definition) is 4. The summed E-state index contributed by atoms with van der Waals surface area (Å²) >= 11 is 0. The molecule has 1 aromatic heterocycles. The molecule has 21 heavy (non-hydrogen) atoms. The Bertz CT molecular complexity index is 681. The van der Waals surface area contributed by atoms with E-state index < -0.39 is 0 Å². The van der Waals surface area contributed by atoms with Crippen LogP contribution < -0.4 is 5.32 Å². The van der Waals surface area contributed by atoms with E-state index in [0.717, 1.165) is 23.1 Å². The van der Waals surface area contributed by atoms with Gasteiger partial charge in [-0.3, -0.25) is 0 Å². The van der Waals surface area contributed by atoms with Crippen LogP contribution in [0, 0.1) is 16.7 Å². The molecule has 0 atom stereocenters. The number of nitriles is 1. The molecular formula is C17H20N4. The molecule has 4 heteroatoms. The van der Waals surface area contributed by atoms with Gasteiger partial charge < -0.3 is 5.32 Å². The maximum atomic E-state index is 9.29. The van der Waals surface area contributed by atoms with Gasteiger partial charge in [-0.25, -0.2) is 0 Å². The molecule has 1 aliphatic carbocycles. The minimum Gasteiger partial charge on any atom is -0.382 e. The molecule has 4 nitrogen and oxygen atoms in total. The van der Waals surface area contributed by atoms with Gasteiger partial charge in [0.05, 0.1) is 11.2 Å². The van der Waals surface area contributed by atoms with Crippen LogP contribution in [0.2, 0.25) is 0 Å². The molecule has 3 rings (SSSR count). The normalized spacial score (nSPS) is 17.3. The number of benzene rings is 1. The predicted molar refractivity (Wildman–Crippen MR) is 83.9 cm³/mol. The Morgan fingerprint density at radius 3 is 2.71 bits per heavy atom. The van der Waals surface area contributed by atoms with Gasteiger partial charge >= 0.3 is 0 Å². The maximum Gasteiger partial charge on any atom is 0.186 e. The fraction of sp³-hybridized carbons (Fsp3) is 0.471. The van der Waals surface area contributed by atoms with Crippen molar-refractivity contribution in [1.82, 2.24) is 10.2 Å². The van der Waals surface area contributed by atoms with E-state index in [-0.39, 0.29) is 0 Å². The lowest BCUT2D eigenvalue weighted by atomic mass is 9.75. The van der Waals surface area contributed by atoms with Crippen LogP contribution in [0.1, 0.15) is 44.7 Å². The van der Waals surface area contributed by atoms with E-state index in [4.69, 9.17) is 0 Å². The van der Waals surface area contributed by atoms with Crippen molar-refractivity contribution in [1.29, 1.82) is 5.26 Å². The largest absolute Gasteiger partial charge is 0.382 e. The van der Waals surface area contributed by atoms with Crippen molar-refractivity contribution in [2.45, 2.75) is 39.0 Å². The van der Waals surface area contributed by atoms with Gasteiger partial charge in [0.2, 0.25) is 0 Å². The molecule has 1 saturated carbocycles. The highest BCUT2D eigenvalue weighted by Crippen LogP contribution is 2.36. The van der Waals surface area contributed by atoms with E-state index in [1.807, 2.05) is 24.3 Å². The Kier molecular flexibility index (Phi) is 3.74. The highest BCUT2D eigenvalue weighted by molar-refractivity contribution is 5.92. The van der Waals surface area contributed by atoms with Crippen molar-refractivity contribution in [2.75, 3.05) is 11.9 Å². The molecule has 108 valence electrons. The van der Waals surface area contributed by atoms with Gasteiger partial charge in [-0.15, -0.1) is 10.2 Å². The van der Waals surface area contributed by atoms with Crippen molar-refractivity contribution in [3.63, 3.8) is 0 Å². The van der Waals surface area contributed by atoms with Crippen molar-refractivity contribution in [3.8, 4) is 6.07 Å². The summed E-state index contributed by atoms with van der Waals surface area (Å²) in [5.41, 5.74) is 2.35. The summed E-state index contributed by atoms with van der Waals surface area (Å²) in [6.45, 7) is 3.22. The van der Waals surface area contributed by atoms with Gasteiger partial charge in [0, 0.05) is 11.9 Å². The van der Waals surface area contributed by atoms with Crippen LogP contribution in [0.3, 0.4) is 0 Å². The van der Waals surface area contributed by atoms with E-state index in [1.165, 1.54) is 32.1 Å². The van der Waals surface area contributed by atoms with Gasteiger partial charge in [-0.2, -0.15) is 5.26 Å². The van der Waals surface area contributed by atoms with Crippen molar-refractivity contribution in [2.24, 2.45) is 5.41 Å². The fourth-order valence-corrected chi connectivity index (χ4v) is 3.19. The SMILES string of the molecule is CC1(CNc2c(C#N)nnc3ccccc23)CCCCC1. The third-order valence-electron chi connectivity index (χ3n) is 4.53. The molecule has 0 amide bonds. The van der Waals surface area contributed by atoms with Crippen LogP contribution in [-0.2, 0) is 0 Å². The van der Waals surface area contributed by atoms with Gasteiger partial charge in [-0.05, 0) is 24.3 Å². The number of nitrogens with one attached hydrogen (secondary N) is 1. The molecule has 1 aliphatic rings. The first kappa shape index (κ1) is 13.8. The Labute approximate surface area is 125 Å². The summed E-state index contributed by atoms with van der Waals surface area (Å²) in [4.78, 5) is 0. The molecular weight excluding hydrogens is 260 g/mol. The lowest BCUT2D eigenvalue weighted by Gasteiger charge is -2.34. The highest BCUT2D eigenvalue weighted by Gasteiger charge is 2.27. The number of anilines is 1. The first-order chi connectivity index (χ1) is 10.2. The van der Waals surface area contributed by atoms with E-state index >= 15 is 0 Å². The van der Waals surface area contributed by atoms with Crippen LogP contribution in [-0.4, -0.2) is 16.7 Å². The molecule has 1 fully saturated rings. The second-order valence-electron chi connectivity index (χ2n) is 6.28. The average Bonchev–Trinajstić information content (AvgIpc) is 2.53. The zero-order valence-electron chi connectivity index (χ0n) is 12.4. The van der Waals surface area contributed by atoms with Crippen LogP contribution in [0.5, 0.6) is 0 Å². The Hall–Kier alpha value is -2.15. The number of hydrogen-bond donors (Lipinski definition) is 1. The second kappa shape index (κ2) is 5.69. The molecule has 1 heterocycles. The number of rotatable bonds is 3. The van der Waals surface area contributed by atoms with Gasteiger partial charge in [0.25, 0.3) is 0 Å². The molecule has 0 bridgehead atoms. The fourth-order valence-electron chi connectivity index (χ4n) is 3.19. The van der Waals surface area contributed by atoms with E-state index in [0.29, 0.717) is 11.1 Å². The number of fused-ring (bicyclic) bond motifs is 1. The first-order valence-electron chi connectivity index (χ1n) is 7.61. The quantitative estimate of drug-likeness (QED) is 0.926. The molecule has 0 radical (unpaired) electrons. The molecule has 0 aliphatic heterocycles. The summed E-state index contributed by atoms with van der Waals surface area (Å²) in [5.74, 6) is 0. The van der Waals surface area contributed by atoms with Gasteiger partial charge in [-0.1, -0.05) is 44.4 Å². The minimum absolute atomic E-state index is 0.315. The highest BCUT2D eigenvalue weighted by atomic mass is 15.1. The number of aromatic nitrogens is 2. The zero-order chi connectivity index (χ0) is 14.7. The van der Waals surface area contributed by atoms with Gasteiger partial charge in [0.1, 0.15) is 6.07 Å². The van der Waals surface area contributed by atoms with E-state index in [1.54, 1.807) is 0 Å². The van der Waals surface area contributed by atoms with E-state index in [9.17, 15) is 5.26 Å². The molecule has 1 N–H and O–H groups in total. The average molecular weight is 280 g/mol. The first-order valence-corrected chi connectivity index (χ1v) is 7.61. The lowest BCUT2D eigenvalue weighted by Crippen LogP contribution is -2.29. The van der Waals surface area contributed by atoms with E-state index in [2.05, 4.69) is 28.5 Å². The molecule has 2 aromatic rings. The standard InChI is InChI=1S/C17H20N4/c1-17(9-5-2-6-10-17)12-19-16-13-7-3-4-8-14(13)20-21-15(16)11-18/h3-4,7-8H,2,5-6,9-10,12H2,1H3,(H,19,20). The summed E-state index contributed by atoms with van der Waals surface area (Å²) in [5, 5.41) is 21.9. The van der Waals surface area contributed by atoms with Crippen molar-refractivity contribution < 1.29 is 0 Å². The van der Waals surface area contributed by atoms with Crippen LogP contribution in [0.15, 0.2) is 24.3 Å². The second-order valence-corrected chi connectivity index (χ2v) is 6.28. The third kappa shape index (κ3) is 2.82. The van der Waals surface area contributed by atoms with Crippen LogP contribution in [0.25, 0.3) is 10.9 Å². The minimum atomic E-state index is 0.315. The van der Waals surface area contributed by atoms with Crippen LogP contribution >= 0.6 is 0 Å². The molecule has 0 saturated heterocycles. The van der Waals surface area contributed by atoms with Crippen molar-refractivity contribution in [3.05, 3.63) is 30.0 Å². The third-order valence-corrected chi connectivity index (χ3v) is 4.53. The zero-order valence-corrected chi connectivity index (χ0v) is 12.4. The summed E-state index contributed by atoms with van der Waals surface area (Å²) in [6.07, 6.45) is 6.45.